The van der Waals surface area contributed by atoms with Gasteiger partial charge in [-0.2, -0.15) is 0 Å². The van der Waals surface area contributed by atoms with Crippen LogP contribution in [0.1, 0.15) is 45.1 Å². The molecule has 1 fully saturated rings. The molecule has 5 heteroatoms. The second kappa shape index (κ2) is 10.7. The van der Waals surface area contributed by atoms with E-state index >= 15 is 0 Å². The Morgan fingerprint density at radius 2 is 2.00 bits per heavy atom. The van der Waals surface area contributed by atoms with Crippen molar-refractivity contribution >= 4 is 29.9 Å². The van der Waals surface area contributed by atoms with E-state index in [-0.39, 0.29) is 24.0 Å². The van der Waals surface area contributed by atoms with Crippen LogP contribution in [0.15, 0.2) is 29.3 Å². The van der Waals surface area contributed by atoms with Gasteiger partial charge in [-0.05, 0) is 37.7 Å². The first-order valence-electron chi connectivity index (χ1n) is 8.38. The first-order valence-corrected chi connectivity index (χ1v) is 8.38. The van der Waals surface area contributed by atoms with Crippen molar-refractivity contribution in [3.8, 4) is 5.75 Å². The van der Waals surface area contributed by atoms with Crippen molar-refractivity contribution in [2.24, 2.45) is 10.9 Å². The molecule has 1 aromatic rings. The van der Waals surface area contributed by atoms with Gasteiger partial charge < -0.3 is 15.4 Å². The van der Waals surface area contributed by atoms with Gasteiger partial charge in [-0.15, -0.1) is 24.0 Å². The number of nitrogens with zero attached hydrogens (tertiary/aromatic N) is 1. The first kappa shape index (κ1) is 20.1. The fourth-order valence-corrected chi connectivity index (χ4v) is 2.31. The highest BCUT2D eigenvalue weighted by atomic mass is 127. The molecule has 2 rings (SSSR count). The molecule has 0 bridgehead atoms. The Balaban J connectivity index is 0.00000264. The fraction of sp³-hybridized carbons (Fsp3) is 0.611. The Kier molecular flexibility index (Phi) is 9.36. The predicted molar refractivity (Wildman–Crippen MR) is 108 cm³/mol. The topological polar surface area (TPSA) is 45.7 Å². The summed E-state index contributed by atoms with van der Waals surface area (Å²) in [4.78, 5) is 4.27. The number of hydrogen-bond donors (Lipinski definition) is 2. The summed E-state index contributed by atoms with van der Waals surface area (Å²) in [6, 6.07) is 8.26. The zero-order chi connectivity index (χ0) is 15.8. The van der Waals surface area contributed by atoms with Gasteiger partial charge >= 0.3 is 0 Å². The number of rotatable bonds is 7. The van der Waals surface area contributed by atoms with Crippen molar-refractivity contribution in [1.82, 2.24) is 10.6 Å². The Hall–Kier alpha value is -0.980. The van der Waals surface area contributed by atoms with Gasteiger partial charge in [0.05, 0.1) is 6.10 Å². The number of ether oxygens (including phenoxy) is 1. The van der Waals surface area contributed by atoms with E-state index in [0.29, 0.717) is 12.0 Å². The summed E-state index contributed by atoms with van der Waals surface area (Å²) in [5, 5.41) is 6.72. The summed E-state index contributed by atoms with van der Waals surface area (Å²) < 4.78 is 6.06. The monoisotopic (exact) mass is 431 g/mol. The summed E-state index contributed by atoms with van der Waals surface area (Å²) in [5.41, 5.74) is 1.18. The summed E-state index contributed by atoms with van der Waals surface area (Å²) in [7, 11) is 1.81. The highest BCUT2D eigenvalue weighted by molar-refractivity contribution is 14.0. The standard InChI is InChI=1S/C18H29N3O.HI/c1-14(2)11-12-20-18(19-3)21-13-15-7-4-5-10-17(15)22-16-8-6-9-16;/h4-5,7,10,14,16H,6,8-9,11-13H2,1-3H3,(H2,19,20,21);1H. The normalized spacial score (nSPS) is 14.9. The van der Waals surface area contributed by atoms with Crippen molar-refractivity contribution in [1.29, 1.82) is 0 Å². The number of para-hydroxylation sites is 1. The number of guanidine groups is 1. The van der Waals surface area contributed by atoms with E-state index in [1.54, 1.807) is 0 Å². The van der Waals surface area contributed by atoms with Gasteiger partial charge in [0.1, 0.15) is 5.75 Å². The van der Waals surface area contributed by atoms with E-state index in [9.17, 15) is 0 Å². The molecular weight excluding hydrogens is 401 g/mol. The number of nitrogens with one attached hydrogen (secondary N) is 2. The molecule has 23 heavy (non-hydrogen) atoms. The summed E-state index contributed by atoms with van der Waals surface area (Å²) >= 11 is 0. The maximum Gasteiger partial charge on any atom is 0.191 e. The van der Waals surface area contributed by atoms with E-state index in [4.69, 9.17) is 4.74 Å². The van der Waals surface area contributed by atoms with E-state index in [0.717, 1.165) is 31.2 Å². The van der Waals surface area contributed by atoms with Crippen LogP contribution in [0.25, 0.3) is 0 Å². The Morgan fingerprint density at radius 1 is 1.26 bits per heavy atom. The predicted octanol–water partition coefficient (Wildman–Crippen LogP) is 3.95. The van der Waals surface area contributed by atoms with Crippen LogP contribution < -0.4 is 15.4 Å². The van der Waals surface area contributed by atoms with E-state index in [2.05, 4.69) is 47.7 Å². The molecule has 1 aromatic carbocycles. The van der Waals surface area contributed by atoms with Crippen molar-refractivity contribution in [2.75, 3.05) is 13.6 Å². The Bertz CT molecular complexity index is 487. The smallest absolute Gasteiger partial charge is 0.191 e. The molecule has 0 atom stereocenters. The van der Waals surface area contributed by atoms with Gasteiger partial charge in [-0.1, -0.05) is 32.0 Å². The minimum absolute atomic E-state index is 0. The lowest BCUT2D eigenvalue weighted by atomic mass is 9.96. The zero-order valence-electron chi connectivity index (χ0n) is 14.5. The molecule has 130 valence electrons. The Labute approximate surface area is 157 Å². The average molecular weight is 431 g/mol. The second-order valence-electron chi connectivity index (χ2n) is 6.31. The van der Waals surface area contributed by atoms with Crippen molar-refractivity contribution < 1.29 is 4.74 Å². The van der Waals surface area contributed by atoms with Crippen molar-refractivity contribution in [3.05, 3.63) is 29.8 Å². The van der Waals surface area contributed by atoms with Crippen LogP contribution in [0, 0.1) is 5.92 Å². The SMILES string of the molecule is CN=C(NCCC(C)C)NCc1ccccc1OC1CCC1.I. The van der Waals surface area contributed by atoms with Crippen LogP contribution in [0.5, 0.6) is 5.75 Å². The molecule has 0 radical (unpaired) electrons. The molecule has 0 amide bonds. The molecule has 0 spiro atoms. The second-order valence-corrected chi connectivity index (χ2v) is 6.31. The number of halogens is 1. The van der Waals surface area contributed by atoms with Gasteiger partial charge in [-0.3, -0.25) is 4.99 Å². The van der Waals surface area contributed by atoms with Crippen LogP contribution >= 0.6 is 24.0 Å². The molecule has 0 aliphatic heterocycles. The van der Waals surface area contributed by atoms with Gasteiger partial charge in [0, 0.05) is 25.7 Å². The van der Waals surface area contributed by atoms with Crippen molar-refractivity contribution in [3.63, 3.8) is 0 Å². The van der Waals surface area contributed by atoms with Gasteiger partial charge in [-0.25, -0.2) is 0 Å². The van der Waals surface area contributed by atoms with Crippen LogP contribution in [0.2, 0.25) is 0 Å². The molecular formula is C18H30IN3O. The summed E-state index contributed by atoms with van der Waals surface area (Å²) in [5.74, 6) is 2.54. The maximum absolute atomic E-state index is 6.06. The van der Waals surface area contributed by atoms with E-state index < -0.39 is 0 Å². The van der Waals surface area contributed by atoms with Crippen molar-refractivity contribution in [2.45, 2.75) is 52.2 Å². The minimum Gasteiger partial charge on any atom is -0.490 e. The van der Waals surface area contributed by atoms with Gasteiger partial charge in [0.15, 0.2) is 5.96 Å². The van der Waals surface area contributed by atoms with Gasteiger partial charge in [0.2, 0.25) is 0 Å². The highest BCUT2D eigenvalue weighted by Gasteiger charge is 2.20. The van der Waals surface area contributed by atoms with Crippen LogP contribution in [0.3, 0.4) is 0 Å². The number of aliphatic imine (C=N–C) groups is 1. The van der Waals surface area contributed by atoms with Gasteiger partial charge in [0.25, 0.3) is 0 Å². The first-order chi connectivity index (χ1) is 10.7. The lowest BCUT2D eigenvalue weighted by Crippen LogP contribution is -2.37. The lowest BCUT2D eigenvalue weighted by molar-refractivity contribution is 0.119. The molecule has 0 unspecified atom stereocenters. The zero-order valence-corrected chi connectivity index (χ0v) is 16.8. The molecule has 1 aliphatic rings. The molecule has 0 heterocycles. The van der Waals surface area contributed by atoms with Crippen LogP contribution in [0.4, 0.5) is 0 Å². The quantitative estimate of drug-likeness (QED) is 0.391. The molecule has 0 saturated heterocycles. The minimum atomic E-state index is 0. The maximum atomic E-state index is 6.06. The van der Waals surface area contributed by atoms with Crippen LogP contribution in [-0.4, -0.2) is 25.7 Å². The molecule has 4 nitrogen and oxygen atoms in total. The third-order valence-corrected chi connectivity index (χ3v) is 4.00. The highest BCUT2D eigenvalue weighted by Crippen LogP contribution is 2.27. The summed E-state index contributed by atoms with van der Waals surface area (Å²) in [6.07, 6.45) is 5.20. The number of benzene rings is 1. The largest absolute Gasteiger partial charge is 0.490 e. The third-order valence-electron chi connectivity index (χ3n) is 4.00. The number of hydrogen-bond acceptors (Lipinski definition) is 2. The molecule has 0 aromatic heterocycles. The van der Waals surface area contributed by atoms with E-state index in [1.807, 2.05) is 13.1 Å². The average Bonchev–Trinajstić information content (AvgIpc) is 2.47. The lowest BCUT2D eigenvalue weighted by Gasteiger charge is -2.27. The summed E-state index contributed by atoms with van der Waals surface area (Å²) in [6.45, 7) is 6.12. The van der Waals surface area contributed by atoms with Crippen LogP contribution in [-0.2, 0) is 6.54 Å². The molecule has 2 N–H and O–H groups in total. The van der Waals surface area contributed by atoms with E-state index in [1.165, 1.54) is 24.8 Å². The third kappa shape index (κ3) is 6.97. The molecule has 1 saturated carbocycles. The fourth-order valence-electron chi connectivity index (χ4n) is 2.31. The Morgan fingerprint density at radius 3 is 2.61 bits per heavy atom. The molecule has 1 aliphatic carbocycles.